The van der Waals surface area contributed by atoms with Crippen LogP contribution < -0.4 is 4.72 Å². The number of carboxylic acid groups (broad SMARTS) is 1. The molecule has 0 amide bonds. The number of carbonyl (C=O) groups is 1. The quantitative estimate of drug-likeness (QED) is 0.587. The summed E-state index contributed by atoms with van der Waals surface area (Å²) in [6.07, 6.45) is 1.41. The minimum Gasteiger partial charge on any atom is -0.480 e. The standard InChI is InChI=1S/C22H18ClNO4S2/c23-15-8-5-14(6-9-15)18-11-12-19(29-18)30(27,28)24-22(21(25)26)17-10-7-13-3-1-2-4-16(13)20(17)22/h1-6,8-9,11-12,17,20,24H,7,10H2,(H,25,26). The first-order chi connectivity index (χ1) is 14.3. The minimum absolute atomic E-state index is 0.102. The van der Waals surface area contributed by atoms with E-state index in [9.17, 15) is 18.3 Å². The number of benzene rings is 2. The van der Waals surface area contributed by atoms with Gasteiger partial charge in [-0.15, -0.1) is 11.3 Å². The number of nitrogens with one attached hydrogen (secondary N) is 1. The molecule has 5 rings (SSSR count). The first-order valence-corrected chi connectivity index (χ1v) is 12.2. The van der Waals surface area contributed by atoms with Crippen LogP contribution in [0.4, 0.5) is 0 Å². The maximum atomic E-state index is 13.2. The normalized spacial score (nSPS) is 24.7. The SMILES string of the molecule is O=C(O)C1(NS(=O)(=O)c2ccc(-c3ccc(Cl)cc3)s2)C2CCc3ccccc3C21. The number of fused-ring (bicyclic) bond motifs is 3. The Hall–Kier alpha value is -2.19. The van der Waals surface area contributed by atoms with Crippen LogP contribution in [0.3, 0.4) is 0 Å². The Kier molecular flexibility index (Phi) is 4.56. The van der Waals surface area contributed by atoms with Gasteiger partial charge in [0.2, 0.25) is 0 Å². The fourth-order valence-corrected chi connectivity index (χ4v) is 7.53. The number of rotatable bonds is 5. The molecular formula is C22H18ClNO4S2. The second kappa shape index (κ2) is 6.92. The second-order valence-electron chi connectivity index (χ2n) is 7.73. The summed E-state index contributed by atoms with van der Waals surface area (Å²) in [4.78, 5) is 13.1. The average Bonchev–Trinajstić information content (AvgIpc) is 3.11. The molecule has 1 fully saturated rings. The van der Waals surface area contributed by atoms with Crippen LogP contribution in [-0.2, 0) is 21.2 Å². The van der Waals surface area contributed by atoms with E-state index in [1.807, 2.05) is 36.4 Å². The van der Waals surface area contributed by atoms with E-state index in [2.05, 4.69) is 4.72 Å². The van der Waals surface area contributed by atoms with Gasteiger partial charge in [0.15, 0.2) is 0 Å². The Morgan fingerprint density at radius 1 is 1.10 bits per heavy atom. The molecule has 3 atom stereocenters. The molecule has 1 aromatic heterocycles. The molecule has 1 saturated carbocycles. The molecular weight excluding hydrogens is 442 g/mol. The average molecular weight is 460 g/mol. The van der Waals surface area contributed by atoms with Gasteiger partial charge in [0.05, 0.1) is 0 Å². The maximum absolute atomic E-state index is 13.2. The largest absolute Gasteiger partial charge is 0.480 e. The van der Waals surface area contributed by atoms with Crippen LogP contribution in [0.1, 0.15) is 23.5 Å². The van der Waals surface area contributed by atoms with E-state index in [1.165, 1.54) is 6.07 Å². The van der Waals surface area contributed by atoms with Crippen LogP contribution in [-0.4, -0.2) is 25.0 Å². The Labute approximate surface area is 183 Å². The van der Waals surface area contributed by atoms with Crippen molar-refractivity contribution in [3.05, 3.63) is 76.8 Å². The number of aliphatic carboxylic acids is 1. The lowest BCUT2D eigenvalue weighted by Crippen LogP contribution is -2.45. The van der Waals surface area contributed by atoms with Gasteiger partial charge in [0.1, 0.15) is 9.75 Å². The van der Waals surface area contributed by atoms with Crippen LogP contribution in [0.25, 0.3) is 10.4 Å². The maximum Gasteiger partial charge on any atom is 0.325 e. The lowest BCUT2D eigenvalue weighted by Gasteiger charge is -2.15. The van der Waals surface area contributed by atoms with Crippen LogP contribution >= 0.6 is 22.9 Å². The Morgan fingerprint density at radius 3 is 2.57 bits per heavy atom. The monoisotopic (exact) mass is 459 g/mol. The van der Waals surface area contributed by atoms with Gasteiger partial charge in [-0.2, -0.15) is 4.72 Å². The Morgan fingerprint density at radius 2 is 1.83 bits per heavy atom. The van der Waals surface area contributed by atoms with E-state index in [0.717, 1.165) is 39.3 Å². The molecule has 30 heavy (non-hydrogen) atoms. The molecule has 2 N–H and O–H groups in total. The fourth-order valence-electron chi connectivity index (χ4n) is 4.67. The van der Waals surface area contributed by atoms with Gasteiger partial charge in [0.25, 0.3) is 10.0 Å². The van der Waals surface area contributed by atoms with E-state index in [0.29, 0.717) is 11.4 Å². The van der Waals surface area contributed by atoms with Gasteiger partial charge in [-0.1, -0.05) is 48.0 Å². The summed E-state index contributed by atoms with van der Waals surface area (Å²) in [7, 11) is -3.99. The molecule has 0 radical (unpaired) electrons. The fraction of sp³-hybridized carbons (Fsp3) is 0.227. The Balaban J connectivity index is 1.47. The zero-order chi connectivity index (χ0) is 21.1. The zero-order valence-electron chi connectivity index (χ0n) is 15.7. The molecule has 5 nitrogen and oxygen atoms in total. The first-order valence-electron chi connectivity index (χ1n) is 9.54. The number of halogens is 1. The summed E-state index contributed by atoms with van der Waals surface area (Å²) >= 11 is 7.04. The topological polar surface area (TPSA) is 83.5 Å². The zero-order valence-corrected chi connectivity index (χ0v) is 18.1. The van der Waals surface area contributed by atoms with Crippen molar-refractivity contribution in [2.24, 2.45) is 5.92 Å². The van der Waals surface area contributed by atoms with Gasteiger partial charge in [-0.25, -0.2) is 8.42 Å². The Bertz CT molecular complexity index is 1250. The highest BCUT2D eigenvalue weighted by atomic mass is 35.5. The minimum atomic E-state index is -3.99. The predicted octanol–water partition coefficient (Wildman–Crippen LogP) is 4.53. The predicted molar refractivity (Wildman–Crippen MR) is 116 cm³/mol. The van der Waals surface area contributed by atoms with E-state index >= 15 is 0 Å². The van der Waals surface area contributed by atoms with Gasteiger partial charge in [-0.05, 0) is 59.7 Å². The molecule has 3 aromatic rings. The van der Waals surface area contributed by atoms with Crippen molar-refractivity contribution < 1.29 is 18.3 Å². The molecule has 0 aliphatic heterocycles. The van der Waals surface area contributed by atoms with Crippen molar-refractivity contribution in [1.82, 2.24) is 4.72 Å². The number of aryl methyl sites for hydroxylation is 1. The van der Waals surface area contributed by atoms with Crippen molar-refractivity contribution in [2.75, 3.05) is 0 Å². The highest BCUT2D eigenvalue weighted by molar-refractivity contribution is 7.91. The third-order valence-corrected chi connectivity index (χ3v) is 9.48. The van der Waals surface area contributed by atoms with Gasteiger partial charge >= 0.3 is 5.97 Å². The van der Waals surface area contributed by atoms with Crippen LogP contribution in [0.15, 0.2) is 64.9 Å². The molecule has 8 heteroatoms. The lowest BCUT2D eigenvalue weighted by atomic mass is 9.92. The summed E-state index contributed by atoms with van der Waals surface area (Å²) in [6, 6.07) is 18.1. The van der Waals surface area contributed by atoms with Crippen molar-refractivity contribution in [1.29, 1.82) is 0 Å². The third-order valence-electron chi connectivity index (χ3n) is 6.12. The molecule has 0 saturated heterocycles. The van der Waals surface area contributed by atoms with E-state index < -0.39 is 21.5 Å². The van der Waals surface area contributed by atoms with E-state index in [-0.39, 0.29) is 16.0 Å². The molecule has 3 unspecified atom stereocenters. The van der Waals surface area contributed by atoms with Crippen molar-refractivity contribution in [3.8, 4) is 10.4 Å². The van der Waals surface area contributed by atoms with Crippen LogP contribution in [0.5, 0.6) is 0 Å². The highest BCUT2D eigenvalue weighted by Crippen LogP contribution is 2.63. The number of thiophene rings is 1. The van der Waals surface area contributed by atoms with Crippen molar-refractivity contribution in [2.45, 2.75) is 28.5 Å². The molecule has 2 aliphatic carbocycles. The van der Waals surface area contributed by atoms with Gasteiger partial charge in [0, 0.05) is 15.8 Å². The molecule has 2 aliphatic rings. The number of hydrogen-bond acceptors (Lipinski definition) is 4. The van der Waals surface area contributed by atoms with Crippen LogP contribution in [0.2, 0.25) is 5.02 Å². The summed E-state index contributed by atoms with van der Waals surface area (Å²) in [5, 5.41) is 10.6. The van der Waals surface area contributed by atoms with E-state index in [1.54, 1.807) is 18.2 Å². The number of carboxylic acids is 1. The first kappa shape index (κ1) is 19.8. The summed E-state index contributed by atoms with van der Waals surface area (Å²) in [6.45, 7) is 0. The molecule has 2 aromatic carbocycles. The van der Waals surface area contributed by atoms with Crippen molar-refractivity contribution >= 4 is 38.9 Å². The smallest absolute Gasteiger partial charge is 0.325 e. The highest BCUT2D eigenvalue weighted by Gasteiger charge is 2.73. The lowest BCUT2D eigenvalue weighted by molar-refractivity contribution is -0.140. The summed E-state index contributed by atoms with van der Waals surface area (Å²) < 4.78 is 29.0. The van der Waals surface area contributed by atoms with Gasteiger partial charge in [-0.3, -0.25) is 4.79 Å². The number of hydrogen-bond donors (Lipinski definition) is 2. The molecule has 1 heterocycles. The summed E-state index contributed by atoms with van der Waals surface area (Å²) in [5.74, 6) is -1.70. The molecule has 154 valence electrons. The van der Waals surface area contributed by atoms with E-state index in [4.69, 9.17) is 11.6 Å². The van der Waals surface area contributed by atoms with Gasteiger partial charge < -0.3 is 5.11 Å². The third kappa shape index (κ3) is 3.00. The second-order valence-corrected chi connectivity index (χ2v) is 11.2. The molecule has 0 spiro atoms. The van der Waals surface area contributed by atoms with Crippen molar-refractivity contribution in [3.63, 3.8) is 0 Å². The van der Waals surface area contributed by atoms with Crippen LogP contribution in [0, 0.1) is 5.92 Å². The summed E-state index contributed by atoms with van der Waals surface area (Å²) in [5.41, 5.74) is 1.40. The molecule has 0 bridgehead atoms. The number of sulfonamides is 1.